The first kappa shape index (κ1) is 18.2. The molecule has 1 fully saturated rings. The van der Waals surface area contributed by atoms with Gasteiger partial charge in [-0.1, -0.05) is 19.1 Å². The summed E-state index contributed by atoms with van der Waals surface area (Å²) in [6.07, 6.45) is 2.45. The second-order valence-electron chi connectivity index (χ2n) is 5.47. The van der Waals surface area contributed by atoms with Crippen molar-refractivity contribution in [1.82, 2.24) is 10.2 Å². The van der Waals surface area contributed by atoms with Crippen molar-refractivity contribution in [3.63, 3.8) is 0 Å². The SMILES string of the molecule is CCNC(=NCc1ccc(F)cc1)N1CCC(C)CC1.I. The molecule has 1 aromatic rings. The summed E-state index contributed by atoms with van der Waals surface area (Å²) in [5, 5.41) is 3.35. The van der Waals surface area contributed by atoms with Gasteiger partial charge in [0.1, 0.15) is 5.82 Å². The van der Waals surface area contributed by atoms with Crippen LogP contribution in [-0.2, 0) is 6.54 Å². The number of piperidine rings is 1. The first-order chi connectivity index (χ1) is 9.69. The number of hydrogen-bond acceptors (Lipinski definition) is 1. The quantitative estimate of drug-likeness (QED) is 0.473. The predicted molar refractivity (Wildman–Crippen MR) is 96.6 cm³/mol. The van der Waals surface area contributed by atoms with E-state index < -0.39 is 0 Å². The van der Waals surface area contributed by atoms with E-state index in [9.17, 15) is 4.39 Å². The van der Waals surface area contributed by atoms with Crippen molar-refractivity contribution >= 4 is 29.9 Å². The highest BCUT2D eigenvalue weighted by Crippen LogP contribution is 2.16. The smallest absolute Gasteiger partial charge is 0.194 e. The third kappa shape index (κ3) is 5.80. The molecule has 0 radical (unpaired) electrons. The van der Waals surface area contributed by atoms with Crippen LogP contribution in [0.4, 0.5) is 4.39 Å². The van der Waals surface area contributed by atoms with E-state index in [2.05, 4.69) is 29.1 Å². The Bertz CT molecular complexity index is 439. The van der Waals surface area contributed by atoms with Gasteiger partial charge in [-0.15, -0.1) is 24.0 Å². The molecule has 0 aliphatic carbocycles. The molecule has 3 nitrogen and oxygen atoms in total. The lowest BCUT2D eigenvalue weighted by molar-refractivity contribution is 0.273. The number of halogens is 2. The Hall–Kier alpha value is -0.850. The van der Waals surface area contributed by atoms with Gasteiger partial charge in [0, 0.05) is 19.6 Å². The van der Waals surface area contributed by atoms with Crippen molar-refractivity contribution in [2.75, 3.05) is 19.6 Å². The van der Waals surface area contributed by atoms with Gasteiger partial charge in [0.05, 0.1) is 6.54 Å². The van der Waals surface area contributed by atoms with E-state index in [4.69, 9.17) is 0 Å². The maximum Gasteiger partial charge on any atom is 0.194 e. The Labute approximate surface area is 144 Å². The molecule has 1 aliphatic rings. The fourth-order valence-electron chi connectivity index (χ4n) is 2.40. The monoisotopic (exact) mass is 405 g/mol. The molecule has 1 heterocycles. The lowest BCUT2D eigenvalue weighted by atomic mass is 10.00. The third-order valence-corrected chi connectivity index (χ3v) is 3.74. The summed E-state index contributed by atoms with van der Waals surface area (Å²) in [5.74, 6) is 1.59. The summed E-state index contributed by atoms with van der Waals surface area (Å²) < 4.78 is 12.9. The van der Waals surface area contributed by atoms with E-state index in [0.717, 1.165) is 37.1 Å². The van der Waals surface area contributed by atoms with Crippen LogP contribution in [0.3, 0.4) is 0 Å². The first-order valence-electron chi connectivity index (χ1n) is 7.46. The van der Waals surface area contributed by atoms with Gasteiger partial charge in [-0.05, 0) is 43.4 Å². The summed E-state index contributed by atoms with van der Waals surface area (Å²) >= 11 is 0. The summed E-state index contributed by atoms with van der Waals surface area (Å²) in [6.45, 7) is 7.98. The van der Waals surface area contributed by atoms with Gasteiger partial charge >= 0.3 is 0 Å². The average molecular weight is 405 g/mol. The number of benzene rings is 1. The molecule has 118 valence electrons. The van der Waals surface area contributed by atoms with Gasteiger partial charge in [-0.3, -0.25) is 0 Å². The Kier molecular flexibility index (Phi) is 8.00. The van der Waals surface area contributed by atoms with Crippen LogP contribution in [0.2, 0.25) is 0 Å². The molecule has 21 heavy (non-hydrogen) atoms. The van der Waals surface area contributed by atoms with Crippen LogP contribution in [0.25, 0.3) is 0 Å². The van der Waals surface area contributed by atoms with Gasteiger partial charge in [0.15, 0.2) is 5.96 Å². The molecule has 1 aromatic carbocycles. The molecule has 0 bridgehead atoms. The van der Waals surface area contributed by atoms with E-state index in [1.54, 1.807) is 12.1 Å². The van der Waals surface area contributed by atoms with E-state index in [1.165, 1.54) is 25.0 Å². The standard InChI is InChI=1S/C16H24FN3.HI/c1-3-18-16(20-10-8-13(2)9-11-20)19-12-14-4-6-15(17)7-5-14;/h4-7,13H,3,8-12H2,1-2H3,(H,18,19);1H. The molecule has 0 saturated carbocycles. The second-order valence-corrected chi connectivity index (χ2v) is 5.47. The second kappa shape index (κ2) is 9.23. The number of likely N-dealkylation sites (tertiary alicyclic amines) is 1. The van der Waals surface area contributed by atoms with Crippen LogP contribution in [0, 0.1) is 11.7 Å². The molecule has 1 aliphatic heterocycles. The highest BCUT2D eigenvalue weighted by molar-refractivity contribution is 14.0. The fraction of sp³-hybridized carbons (Fsp3) is 0.562. The van der Waals surface area contributed by atoms with Crippen LogP contribution >= 0.6 is 24.0 Å². The Morgan fingerprint density at radius 3 is 2.48 bits per heavy atom. The van der Waals surface area contributed by atoms with E-state index in [1.807, 2.05) is 0 Å². The topological polar surface area (TPSA) is 27.6 Å². The maximum absolute atomic E-state index is 12.9. The van der Waals surface area contributed by atoms with Crippen molar-refractivity contribution in [1.29, 1.82) is 0 Å². The average Bonchev–Trinajstić information content (AvgIpc) is 2.46. The third-order valence-electron chi connectivity index (χ3n) is 3.74. The lowest BCUT2D eigenvalue weighted by Gasteiger charge is -2.33. The van der Waals surface area contributed by atoms with E-state index in [0.29, 0.717) is 6.54 Å². The number of guanidine groups is 1. The zero-order valence-electron chi connectivity index (χ0n) is 12.8. The molecule has 0 unspecified atom stereocenters. The molecule has 1 saturated heterocycles. The van der Waals surface area contributed by atoms with E-state index >= 15 is 0 Å². The van der Waals surface area contributed by atoms with Crippen molar-refractivity contribution < 1.29 is 4.39 Å². The van der Waals surface area contributed by atoms with Gasteiger partial charge in [0.2, 0.25) is 0 Å². The predicted octanol–water partition coefficient (Wildman–Crippen LogP) is 3.64. The van der Waals surface area contributed by atoms with Crippen molar-refractivity contribution in [2.24, 2.45) is 10.9 Å². The molecular weight excluding hydrogens is 380 g/mol. The zero-order valence-corrected chi connectivity index (χ0v) is 15.1. The van der Waals surface area contributed by atoms with E-state index in [-0.39, 0.29) is 29.8 Å². The summed E-state index contributed by atoms with van der Waals surface area (Å²) in [5.41, 5.74) is 1.03. The van der Waals surface area contributed by atoms with Crippen LogP contribution in [0.1, 0.15) is 32.3 Å². The van der Waals surface area contributed by atoms with Crippen LogP contribution in [0.15, 0.2) is 29.3 Å². The summed E-state index contributed by atoms with van der Waals surface area (Å²) in [4.78, 5) is 7.00. The minimum absolute atomic E-state index is 0. The van der Waals surface area contributed by atoms with Gasteiger partial charge < -0.3 is 10.2 Å². The highest BCUT2D eigenvalue weighted by atomic mass is 127. The van der Waals surface area contributed by atoms with Crippen molar-refractivity contribution in [3.8, 4) is 0 Å². The fourth-order valence-corrected chi connectivity index (χ4v) is 2.40. The number of nitrogens with one attached hydrogen (secondary N) is 1. The minimum Gasteiger partial charge on any atom is -0.357 e. The zero-order chi connectivity index (χ0) is 14.4. The largest absolute Gasteiger partial charge is 0.357 e. The molecule has 0 aromatic heterocycles. The Morgan fingerprint density at radius 1 is 1.29 bits per heavy atom. The molecule has 1 N–H and O–H groups in total. The number of nitrogens with zero attached hydrogens (tertiary/aromatic N) is 2. The highest BCUT2D eigenvalue weighted by Gasteiger charge is 2.18. The number of hydrogen-bond donors (Lipinski definition) is 1. The molecule has 0 atom stereocenters. The number of rotatable bonds is 3. The van der Waals surface area contributed by atoms with Crippen molar-refractivity contribution in [2.45, 2.75) is 33.2 Å². The maximum atomic E-state index is 12.9. The lowest BCUT2D eigenvalue weighted by Crippen LogP contribution is -2.45. The summed E-state index contributed by atoms with van der Waals surface area (Å²) in [6, 6.07) is 6.56. The molecule has 0 spiro atoms. The van der Waals surface area contributed by atoms with Gasteiger partial charge in [-0.25, -0.2) is 9.38 Å². The van der Waals surface area contributed by atoms with Crippen LogP contribution < -0.4 is 5.32 Å². The number of aliphatic imine (C=N–C) groups is 1. The summed E-state index contributed by atoms with van der Waals surface area (Å²) in [7, 11) is 0. The van der Waals surface area contributed by atoms with Crippen LogP contribution in [-0.4, -0.2) is 30.5 Å². The minimum atomic E-state index is -0.199. The van der Waals surface area contributed by atoms with Crippen LogP contribution in [0.5, 0.6) is 0 Å². The van der Waals surface area contributed by atoms with Gasteiger partial charge in [-0.2, -0.15) is 0 Å². The molecular formula is C16H25FIN3. The molecule has 2 rings (SSSR count). The first-order valence-corrected chi connectivity index (χ1v) is 7.46. The Balaban J connectivity index is 0.00000220. The molecule has 0 amide bonds. The van der Waals surface area contributed by atoms with Gasteiger partial charge in [0.25, 0.3) is 0 Å². The normalized spacial score (nSPS) is 16.5. The Morgan fingerprint density at radius 2 is 1.90 bits per heavy atom. The molecule has 5 heteroatoms. The van der Waals surface area contributed by atoms with Crippen molar-refractivity contribution in [3.05, 3.63) is 35.6 Å².